The van der Waals surface area contributed by atoms with Crippen molar-refractivity contribution in [3.05, 3.63) is 14.7 Å². The first kappa shape index (κ1) is 12.2. The second kappa shape index (κ2) is 4.75. The monoisotopic (exact) mass is 226 g/mol. The standard InChI is InChI=1S/C11H18N2OS/c1-6(2)7(3)4-5-13-9-8(12)10(14)11(9)15/h6-7,13H,4-5,12H2,1-3H3. The lowest BCUT2D eigenvalue weighted by molar-refractivity contribution is 0.401. The van der Waals surface area contributed by atoms with E-state index in [-0.39, 0.29) is 11.1 Å². The van der Waals surface area contributed by atoms with Crippen molar-refractivity contribution in [2.24, 2.45) is 11.8 Å². The highest BCUT2D eigenvalue weighted by molar-refractivity contribution is 7.71. The first-order valence-electron chi connectivity index (χ1n) is 5.27. The van der Waals surface area contributed by atoms with Crippen molar-refractivity contribution in [1.82, 2.24) is 0 Å². The van der Waals surface area contributed by atoms with E-state index in [1.165, 1.54) is 0 Å². The minimum Gasteiger partial charge on any atom is -0.394 e. The van der Waals surface area contributed by atoms with E-state index < -0.39 is 0 Å². The Hall–Kier alpha value is -0.900. The molecular weight excluding hydrogens is 208 g/mol. The summed E-state index contributed by atoms with van der Waals surface area (Å²) in [6, 6.07) is 0. The van der Waals surface area contributed by atoms with E-state index in [1.54, 1.807) is 0 Å². The molecule has 1 rings (SSSR count). The van der Waals surface area contributed by atoms with Crippen molar-refractivity contribution in [1.29, 1.82) is 0 Å². The van der Waals surface area contributed by atoms with Crippen LogP contribution >= 0.6 is 12.2 Å². The molecule has 1 unspecified atom stereocenters. The van der Waals surface area contributed by atoms with Crippen LogP contribution in [0.4, 0.5) is 11.4 Å². The van der Waals surface area contributed by atoms with E-state index in [0.29, 0.717) is 22.0 Å². The average Bonchev–Trinajstić information content (AvgIpc) is 2.22. The van der Waals surface area contributed by atoms with Crippen LogP contribution in [0.5, 0.6) is 0 Å². The largest absolute Gasteiger partial charge is 0.394 e. The quantitative estimate of drug-likeness (QED) is 0.757. The lowest BCUT2D eigenvalue weighted by atomic mass is 9.95. The molecule has 0 saturated heterocycles. The first-order chi connectivity index (χ1) is 6.95. The molecule has 0 bridgehead atoms. The van der Waals surface area contributed by atoms with Crippen molar-refractivity contribution in [2.45, 2.75) is 27.2 Å². The molecule has 3 N–H and O–H groups in total. The Balaban J connectivity index is 2.40. The molecule has 0 amide bonds. The van der Waals surface area contributed by atoms with Crippen molar-refractivity contribution in [3.63, 3.8) is 0 Å². The van der Waals surface area contributed by atoms with Gasteiger partial charge in [0, 0.05) is 6.54 Å². The number of hydrogen-bond donors (Lipinski definition) is 2. The van der Waals surface area contributed by atoms with Crippen LogP contribution in [0.3, 0.4) is 0 Å². The van der Waals surface area contributed by atoms with Gasteiger partial charge >= 0.3 is 0 Å². The molecule has 15 heavy (non-hydrogen) atoms. The molecule has 0 aromatic heterocycles. The van der Waals surface area contributed by atoms with Gasteiger partial charge in [0.15, 0.2) is 0 Å². The van der Waals surface area contributed by atoms with E-state index in [9.17, 15) is 4.79 Å². The molecule has 0 aliphatic carbocycles. The van der Waals surface area contributed by atoms with Crippen molar-refractivity contribution in [2.75, 3.05) is 17.6 Å². The zero-order valence-corrected chi connectivity index (χ0v) is 10.3. The Kier molecular flexibility index (Phi) is 3.85. The zero-order valence-electron chi connectivity index (χ0n) is 9.46. The maximum Gasteiger partial charge on any atom is 0.223 e. The van der Waals surface area contributed by atoms with Crippen LogP contribution in [0.25, 0.3) is 0 Å². The van der Waals surface area contributed by atoms with E-state index in [4.69, 9.17) is 18.0 Å². The predicted octanol–water partition coefficient (Wildman–Crippen LogP) is 2.33. The number of hydrogen-bond acceptors (Lipinski definition) is 4. The van der Waals surface area contributed by atoms with Gasteiger partial charge in [-0.15, -0.1) is 0 Å². The van der Waals surface area contributed by atoms with Gasteiger partial charge in [0.1, 0.15) is 10.2 Å². The van der Waals surface area contributed by atoms with Crippen molar-refractivity contribution in [3.8, 4) is 0 Å². The predicted molar refractivity (Wildman–Crippen MR) is 67.4 cm³/mol. The maximum absolute atomic E-state index is 11.0. The Morgan fingerprint density at radius 2 is 2.00 bits per heavy atom. The molecule has 84 valence electrons. The molecule has 4 heteroatoms. The highest BCUT2D eigenvalue weighted by Gasteiger charge is 2.14. The molecule has 0 aliphatic heterocycles. The molecule has 1 atom stereocenters. The average molecular weight is 226 g/mol. The second-order valence-corrected chi connectivity index (χ2v) is 4.79. The third kappa shape index (κ3) is 2.56. The van der Waals surface area contributed by atoms with Gasteiger partial charge in [0.05, 0.1) is 5.69 Å². The van der Waals surface area contributed by atoms with Crippen LogP contribution in [0.1, 0.15) is 27.2 Å². The smallest absolute Gasteiger partial charge is 0.223 e. The number of nitrogens with one attached hydrogen (secondary N) is 1. The molecule has 0 radical (unpaired) electrons. The SMILES string of the molecule is CC(C)C(C)CCNc1c(N)c(=O)c1=S. The number of rotatable bonds is 5. The molecule has 0 spiro atoms. The summed E-state index contributed by atoms with van der Waals surface area (Å²) in [5, 5.41) is 3.13. The van der Waals surface area contributed by atoms with E-state index in [2.05, 4.69) is 26.1 Å². The first-order valence-corrected chi connectivity index (χ1v) is 5.68. The summed E-state index contributed by atoms with van der Waals surface area (Å²) in [6.45, 7) is 7.45. The summed E-state index contributed by atoms with van der Waals surface area (Å²) >= 11 is 4.89. The second-order valence-electron chi connectivity index (χ2n) is 4.38. The Bertz CT molecular complexity index is 405. The highest BCUT2D eigenvalue weighted by Crippen LogP contribution is 2.20. The lowest BCUT2D eigenvalue weighted by Crippen LogP contribution is -2.21. The van der Waals surface area contributed by atoms with Crippen molar-refractivity contribution >= 4 is 23.6 Å². The summed E-state index contributed by atoms with van der Waals surface area (Å²) in [4.78, 5) is 11.0. The van der Waals surface area contributed by atoms with E-state index in [1.807, 2.05) is 0 Å². The topological polar surface area (TPSA) is 55.1 Å². The molecule has 3 nitrogen and oxygen atoms in total. The maximum atomic E-state index is 11.0. The molecule has 1 aromatic carbocycles. The van der Waals surface area contributed by atoms with E-state index >= 15 is 0 Å². The summed E-state index contributed by atoms with van der Waals surface area (Å²) in [5.41, 5.74) is 6.28. The van der Waals surface area contributed by atoms with Crippen LogP contribution in [0.15, 0.2) is 4.79 Å². The molecular formula is C11H18N2OS. The van der Waals surface area contributed by atoms with Gasteiger partial charge in [-0.1, -0.05) is 33.0 Å². The fourth-order valence-corrected chi connectivity index (χ4v) is 1.63. The minimum atomic E-state index is -0.190. The normalized spacial score (nSPS) is 13.3. The molecule has 0 fully saturated rings. The number of anilines is 2. The number of nitrogen functional groups attached to an aromatic ring is 1. The molecule has 0 aliphatic rings. The zero-order chi connectivity index (χ0) is 11.6. The molecule has 0 heterocycles. The summed E-state index contributed by atoms with van der Waals surface area (Å²) < 4.78 is 0.352. The highest BCUT2D eigenvalue weighted by atomic mass is 32.1. The molecule has 1 aromatic rings. The summed E-state index contributed by atoms with van der Waals surface area (Å²) in [7, 11) is 0. The van der Waals surface area contributed by atoms with Crippen LogP contribution < -0.4 is 16.5 Å². The van der Waals surface area contributed by atoms with Crippen LogP contribution in [-0.4, -0.2) is 6.54 Å². The fraction of sp³-hybridized carbons (Fsp3) is 0.636. The fourth-order valence-electron chi connectivity index (χ4n) is 1.34. The molecule has 0 saturated carbocycles. The summed E-state index contributed by atoms with van der Waals surface area (Å²) in [5.74, 6) is 1.33. The Morgan fingerprint density at radius 3 is 2.47 bits per heavy atom. The third-order valence-corrected chi connectivity index (χ3v) is 3.38. The Morgan fingerprint density at radius 1 is 1.40 bits per heavy atom. The Labute approximate surface area is 95.4 Å². The number of nitrogens with two attached hydrogens (primary N) is 1. The lowest BCUT2D eigenvalue weighted by Gasteiger charge is -2.17. The van der Waals surface area contributed by atoms with Gasteiger partial charge in [-0.2, -0.15) is 0 Å². The van der Waals surface area contributed by atoms with Gasteiger partial charge in [-0.25, -0.2) is 0 Å². The van der Waals surface area contributed by atoms with Gasteiger partial charge in [-0.3, -0.25) is 4.79 Å². The van der Waals surface area contributed by atoms with Crippen molar-refractivity contribution < 1.29 is 0 Å². The van der Waals surface area contributed by atoms with Gasteiger partial charge in [0.25, 0.3) is 0 Å². The van der Waals surface area contributed by atoms with Gasteiger partial charge in [0.2, 0.25) is 5.43 Å². The summed E-state index contributed by atoms with van der Waals surface area (Å²) in [6.07, 6.45) is 1.06. The van der Waals surface area contributed by atoms with Crippen LogP contribution in [0, 0.1) is 16.3 Å². The van der Waals surface area contributed by atoms with Crippen LogP contribution in [0.2, 0.25) is 0 Å². The third-order valence-electron chi connectivity index (χ3n) is 2.99. The van der Waals surface area contributed by atoms with Crippen LogP contribution in [-0.2, 0) is 0 Å². The van der Waals surface area contributed by atoms with Gasteiger partial charge < -0.3 is 11.1 Å². The minimum absolute atomic E-state index is 0.190. The van der Waals surface area contributed by atoms with Gasteiger partial charge in [-0.05, 0) is 18.3 Å². The van der Waals surface area contributed by atoms with E-state index in [0.717, 1.165) is 13.0 Å².